The molecule has 30 heavy (non-hydrogen) atoms. The highest BCUT2D eigenvalue weighted by molar-refractivity contribution is 6.30. The molecular formula is C25H28ClFO3. The maximum atomic E-state index is 14.6. The Kier molecular flexibility index (Phi) is 5.96. The van der Waals surface area contributed by atoms with Gasteiger partial charge in [0.25, 0.3) is 0 Å². The molecule has 0 atom stereocenters. The van der Waals surface area contributed by atoms with Gasteiger partial charge in [-0.1, -0.05) is 43.6 Å². The van der Waals surface area contributed by atoms with Gasteiger partial charge in [0.05, 0.1) is 5.02 Å². The highest BCUT2D eigenvalue weighted by Gasteiger charge is 2.53. The first-order valence-electron chi connectivity index (χ1n) is 10.3. The van der Waals surface area contributed by atoms with Crippen LogP contribution in [-0.2, 0) is 27.2 Å². The minimum absolute atomic E-state index is 0.0827. The summed E-state index contributed by atoms with van der Waals surface area (Å²) in [4.78, 5) is 26.5. The van der Waals surface area contributed by atoms with Gasteiger partial charge in [0, 0.05) is 0 Å². The summed E-state index contributed by atoms with van der Waals surface area (Å²) >= 11 is 5.98. The van der Waals surface area contributed by atoms with Crippen LogP contribution < -0.4 is 0 Å². The number of Topliss-reactive ketones (excluding diaryl/α,β-unsaturated/α-hetero) is 2. The van der Waals surface area contributed by atoms with Gasteiger partial charge in [-0.05, 0) is 80.5 Å². The van der Waals surface area contributed by atoms with Crippen LogP contribution in [0.15, 0.2) is 30.3 Å². The molecule has 0 radical (unpaired) electrons. The number of benzene rings is 2. The van der Waals surface area contributed by atoms with Crippen molar-refractivity contribution in [2.45, 2.75) is 71.5 Å². The van der Waals surface area contributed by atoms with Crippen molar-refractivity contribution in [1.82, 2.24) is 0 Å². The minimum Gasteiger partial charge on any atom is -0.354 e. The Hall–Kier alpha value is -2.04. The second kappa shape index (κ2) is 7.90. The average molecular weight is 431 g/mol. The van der Waals surface area contributed by atoms with E-state index in [0.717, 1.165) is 11.1 Å². The molecule has 0 saturated carbocycles. The SMILES string of the molecule is CCc1ccc(-c2ccc(Cl)c(F)c2CC)cc1C1C(=O)C(C)(C)OC(C)(C)C1=O. The van der Waals surface area contributed by atoms with E-state index >= 15 is 0 Å². The van der Waals surface area contributed by atoms with Crippen molar-refractivity contribution in [3.05, 3.63) is 57.9 Å². The van der Waals surface area contributed by atoms with Gasteiger partial charge in [0.2, 0.25) is 0 Å². The number of hydrogen-bond acceptors (Lipinski definition) is 3. The van der Waals surface area contributed by atoms with E-state index in [0.29, 0.717) is 29.5 Å². The van der Waals surface area contributed by atoms with Crippen molar-refractivity contribution in [3.63, 3.8) is 0 Å². The lowest BCUT2D eigenvalue weighted by molar-refractivity contribution is -0.184. The minimum atomic E-state index is -1.08. The standard InChI is InChI=1S/C25H28ClFO3/c1-7-14-9-10-15(17-11-12-19(26)21(27)16(17)8-2)13-18(14)20-22(28)24(3,4)30-25(5,6)23(20)29/h9-13,20H,7-8H2,1-6H3. The van der Waals surface area contributed by atoms with E-state index in [1.54, 1.807) is 33.8 Å². The molecule has 0 aliphatic carbocycles. The third-order valence-corrected chi connectivity index (χ3v) is 6.21. The number of aryl methyl sites for hydroxylation is 1. The Morgan fingerprint density at radius 3 is 2.10 bits per heavy atom. The number of ketones is 2. The van der Waals surface area contributed by atoms with Crippen molar-refractivity contribution < 1.29 is 18.7 Å². The zero-order valence-corrected chi connectivity index (χ0v) is 19.1. The monoisotopic (exact) mass is 430 g/mol. The maximum Gasteiger partial charge on any atom is 0.179 e. The molecule has 2 aromatic rings. The van der Waals surface area contributed by atoms with Crippen molar-refractivity contribution in [2.24, 2.45) is 0 Å². The van der Waals surface area contributed by atoms with Gasteiger partial charge < -0.3 is 4.74 Å². The largest absolute Gasteiger partial charge is 0.354 e. The maximum absolute atomic E-state index is 14.6. The fourth-order valence-corrected chi connectivity index (χ4v) is 4.57. The van der Waals surface area contributed by atoms with Gasteiger partial charge in [-0.25, -0.2) is 4.39 Å². The van der Waals surface area contributed by atoms with Gasteiger partial charge in [-0.3, -0.25) is 9.59 Å². The van der Waals surface area contributed by atoms with Crippen LogP contribution in [0.2, 0.25) is 5.02 Å². The van der Waals surface area contributed by atoms with Gasteiger partial charge in [0.1, 0.15) is 22.9 Å². The Balaban J connectivity index is 2.23. The Morgan fingerprint density at radius 1 is 0.967 bits per heavy atom. The third kappa shape index (κ3) is 3.72. The molecule has 5 heteroatoms. The average Bonchev–Trinajstić information content (AvgIpc) is 2.68. The summed E-state index contributed by atoms with van der Waals surface area (Å²) in [6.45, 7) is 10.7. The lowest BCUT2D eigenvalue weighted by atomic mass is 9.73. The number of carbonyl (C=O) groups is 2. The van der Waals surface area contributed by atoms with Crippen molar-refractivity contribution in [2.75, 3.05) is 0 Å². The number of ether oxygens (including phenoxy) is 1. The lowest BCUT2D eigenvalue weighted by Crippen LogP contribution is -2.58. The van der Waals surface area contributed by atoms with Crippen LogP contribution in [0.25, 0.3) is 11.1 Å². The summed E-state index contributed by atoms with van der Waals surface area (Å²) in [5.41, 5.74) is 1.43. The summed E-state index contributed by atoms with van der Waals surface area (Å²) in [7, 11) is 0. The van der Waals surface area contributed by atoms with E-state index in [9.17, 15) is 14.0 Å². The molecule has 160 valence electrons. The number of carbonyl (C=O) groups excluding carboxylic acids is 2. The van der Waals surface area contributed by atoms with E-state index in [2.05, 4.69) is 0 Å². The van der Waals surface area contributed by atoms with Crippen LogP contribution in [0.3, 0.4) is 0 Å². The van der Waals surface area contributed by atoms with Crippen LogP contribution in [0, 0.1) is 5.82 Å². The molecule has 2 aromatic carbocycles. The number of hydrogen-bond donors (Lipinski definition) is 0. The van der Waals surface area contributed by atoms with Crippen molar-refractivity contribution in [1.29, 1.82) is 0 Å². The van der Waals surface area contributed by atoms with Crippen molar-refractivity contribution in [3.8, 4) is 11.1 Å². The second-order valence-electron chi connectivity index (χ2n) is 8.79. The van der Waals surface area contributed by atoms with E-state index in [-0.39, 0.29) is 16.6 Å². The number of rotatable bonds is 4. The topological polar surface area (TPSA) is 43.4 Å². The normalized spacial score (nSPS) is 18.7. The van der Waals surface area contributed by atoms with Crippen LogP contribution in [0.1, 0.15) is 64.2 Å². The first kappa shape index (κ1) is 22.6. The molecule has 1 heterocycles. The lowest BCUT2D eigenvalue weighted by Gasteiger charge is -2.43. The molecule has 0 aromatic heterocycles. The molecule has 0 spiro atoms. The highest BCUT2D eigenvalue weighted by atomic mass is 35.5. The summed E-state index contributed by atoms with van der Waals surface area (Å²) in [6.07, 6.45) is 1.14. The van der Waals surface area contributed by atoms with E-state index in [4.69, 9.17) is 16.3 Å². The second-order valence-corrected chi connectivity index (χ2v) is 9.20. The highest BCUT2D eigenvalue weighted by Crippen LogP contribution is 2.41. The Bertz CT molecular complexity index is 997. The zero-order chi connectivity index (χ0) is 22.4. The van der Waals surface area contributed by atoms with E-state index in [1.165, 1.54) is 6.07 Å². The van der Waals surface area contributed by atoms with Crippen LogP contribution in [-0.4, -0.2) is 22.8 Å². The van der Waals surface area contributed by atoms with Gasteiger partial charge in [-0.2, -0.15) is 0 Å². The predicted molar refractivity (Wildman–Crippen MR) is 118 cm³/mol. The first-order valence-corrected chi connectivity index (χ1v) is 10.7. The van der Waals surface area contributed by atoms with E-state index < -0.39 is 22.9 Å². The van der Waals surface area contributed by atoms with Gasteiger partial charge in [-0.15, -0.1) is 0 Å². The Morgan fingerprint density at radius 2 is 1.57 bits per heavy atom. The van der Waals surface area contributed by atoms with Crippen LogP contribution in [0.4, 0.5) is 4.39 Å². The summed E-state index contributed by atoms with van der Waals surface area (Å²) in [5.74, 6) is -1.85. The van der Waals surface area contributed by atoms with Crippen molar-refractivity contribution >= 4 is 23.2 Å². The molecule has 0 amide bonds. The zero-order valence-electron chi connectivity index (χ0n) is 18.4. The number of halogens is 2. The molecule has 1 aliphatic rings. The molecule has 0 N–H and O–H groups in total. The molecule has 1 saturated heterocycles. The van der Waals surface area contributed by atoms with Crippen LogP contribution >= 0.6 is 11.6 Å². The molecule has 3 nitrogen and oxygen atoms in total. The third-order valence-electron chi connectivity index (χ3n) is 5.92. The summed E-state index contributed by atoms with van der Waals surface area (Å²) < 4.78 is 20.4. The molecule has 0 bridgehead atoms. The fraction of sp³-hybridized carbons (Fsp3) is 0.440. The quantitative estimate of drug-likeness (QED) is 0.552. The van der Waals surface area contributed by atoms with E-state index in [1.807, 2.05) is 32.0 Å². The molecule has 1 fully saturated rings. The Labute approximate surface area is 182 Å². The van der Waals surface area contributed by atoms with Crippen LogP contribution in [0.5, 0.6) is 0 Å². The van der Waals surface area contributed by atoms with Gasteiger partial charge >= 0.3 is 0 Å². The summed E-state index contributed by atoms with van der Waals surface area (Å²) in [5, 5.41) is 0.0827. The predicted octanol–water partition coefficient (Wildman–Crippen LogP) is 6.08. The molecular weight excluding hydrogens is 403 g/mol. The molecule has 0 unspecified atom stereocenters. The summed E-state index contributed by atoms with van der Waals surface area (Å²) in [6, 6.07) is 9.02. The van der Waals surface area contributed by atoms with Gasteiger partial charge in [0.15, 0.2) is 11.6 Å². The molecule has 3 rings (SSSR count). The smallest absolute Gasteiger partial charge is 0.179 e. The fourth-order valence-electron chi connectivity index (χ4n) is 4.40. The molecule has 1 aliphatic heterocycles. The first-order chi connectivity index (χ1) is 13.9.